The van der Waals surface area contributed by atoms with Gasteiger partial charge in [-0.15, -0.1) is 0 Å². The van der Waals surface area contributed by atoms with Crippen molar-refractivity contribution in [3.05, 3.63) is 12.4 Å². The van der Waals surface area contributed by atoms with Crippen LogP contribution in [0.5, 0.6) is 0 Å². The lowest BCUT2D eigenvalue weighted by molar-refractivity contribution is -0.120. The van der Waals surface area contributed by atoms with Crippen LogP contribution in [0.2, 0.25) is 0 Å². The Morgan fingerprint density at radius 1 is 1.38 bits per heavy atom. The summed E-state index contributed by atoms with van der Waals surface area (Å²) in [6, 6.07) is 0. The Balaban J connectivity index is 1.81. The third-order valence-corrected chi connectivity index (χ3v) is 4.23. The van der Waals surface area contributed by atoms with Crippen LogP contribution in [0.4, 0.5) is 5.69 Å². The number of carbonyl (C=O) groups is 1. The third kappa shape index (κ3) is 4.97. The molecular weight excluding hydrogens is 304 g/mol. The summed E-state index contributed by atoms with van der Waals surface area (Å²) in [5.41, 5.74) is 0.860. The quantitative estimate of drug-likeness (QED) is 0.486. The maximum Gasteiger partial charge on any atom is 0.246 e. The van der Waals surface area contributed by atoms with Gasteiger partial charge in [-0.2, -0.15) is 5.10 Å². The first-order chi connectivity index (χ1) is 11.5. The maximum absolute atomic E-state index is 12.5. The lowest BCUT2D eigenvalue weighted by Gasteiger charge is -2.35. The second-order valence-electron chi connectivity index (χ2n) is 6.70. The fourth-order valence-electron chi connectivity index (χ4n) is 2.88. The first-order valence-corrected chi connectivity index (χ1v) is 8.76. The van der Waals surface area contributed by atoms with E-state index in [9.17, 15) is 4.79 Å². The van der Waals surface area contributed by atoms with Crippen molar-refractivity contribution in [2.75, 3.05) is 38.1 Å². The van der Waals surface area contributed by atoms with Crippen molar-refractivity contribution < 1.29 is 4.79 Å². The van der Waals surface area contributed by atoms with Gasteiger partial charge in [0.05, 0.1) is 11.9 Å². The summed E-state index contributed by atoms with van der Waals surface area (Å²) in [7, 11) is 3.63. The molecule has 0 saturated carbocycles. The molecule has 0 atom stereocenters. The maximum atomic E-state index is 12.5. The van der Waals surface area contributed by atoms with Crippen molar-refractivity contribution in [2.24, 2.45) is 18.0 Å². The van der Waals surface area contributed by atoms with Crippen LogP contribution >= 0.6 is 0 Å². The molecule has 7 heteroatoms. The predicted octanol–water partition coefficient (Wildman–Crippen LogP) is 1.47. The summed E-state index contributed by atoms with van der Waals surface area (Å²) in [5, 5.41) is 7.52. The van der Waals surface area contributed by atoms with Crippen LogP contribution < -0.4 is 10.2 Å². The number of hydrogen-bond acceptors (Lipinski definition) is 3. The Hall–Kier alpha value is -2.05. The van der Waals surface area contributed by atoms with Crippen LogP contribution in [-0.2, 0) is 11.8 Å². The molecule has 1 saturated heterocycles. The number of rotatable bonds is 6. The Bertz CT molecular complexity index is 565. The number of nitrogens with zero attached hydrogens (tertiary/aromatic N) is 5. The summed E-state index contributed by atoms with van der Waals surface area (Å²) in [5.74, 6) is 1.65. The number of guanidine groups is 1. The molecule has 1 amide bonds. The monoisotopic (exact) mass is 334 g/mol. The average Bonchev–Trinajstić information content (AvgIpc) is 2.96. The van der Waals surface area contributed by atoms with E-state index in [2.05, 4.69) is 29.3 Å². The van der Waals surface area contributed by atoms with E-state index in [1.807, 2.05) is 18.1 Å². The molecule has 1 aliphatic rings. The summed E-state index contributed by atoms with van der Waals surface area (Å²) >= 11 is 0. The highest BCUT2D eigenvalue weighted by Gasteiger charge is 2.27. The van der Waals surface area contributed by atoms with Crippen molar-refractivity contribution in [1.82, 2.24) is 20.0 Å². The second-order valence-corrected chi connectivity index (χ2v) is 6.70. The normalized spacial score (nSPS) is 16.2. The number of unbranched alkanes of at least 4 members (excludes halogenated alkanes) is 1. The van der Waals surface area contributed by atoms with Crippen molar-refractivity contribution in [3.8, 4) is 0 Å². The van der Waals surface area contributed by atoms with Gasteiger partial charge in [0.25, 0.3) is 0 Å². The number of aromatic nitrogens is 2. The number of amides is 1. The van der Waals surface area contributed by atoms with E-state index in [4.69, 9.17) is 0 Å². The van der Waals surface area contributed by atoms with Gasteiger partial charge in [0.15, 0.2) is 5.96 Å². The second kappa shape index (κ2) is 8.70. The molecule has 1 aromatic heterocycles. The van der Waals surface area contributed by atoms with Crippen molar-refractivity contribution in [2.45, 2.75) is 33.1 Å². The van der Waals surface area contributed by atoms with E-state index in [1.54, 1.807) is 22.8 Å². The van der Waals surface area contributed by atoms with Gasteiger partial charge in [0.1, 0.15) is 6.54 Å². The van der Waals surface area contributed by atoms with Gasteiger partial charge in [-0.25, -0.2) is 0 Å². The molecule has 0 radical (unpaired) electrons. The Kier molecular flexibility index (Phi) is 6.63. The van der Waals surface area contributed by atoms with Crippen LogP contribution in [-0.4, -0.2) is 59.8 Å². The fourth-order valence-corrected chi connectivity index (χ4v) is 2.88. The van der Waals surface area contributed by atoms with E-state index in [-0.39, 0.29) is 5.91 Å². The molecule has 0 unspecified atom stereocenters. The predicted molar refractivity (Wildman–Crippen MR) is 97.2 cm³/mol. The van der Waals surface area contributed by atoms with Crippen molar-refractivity contribution >= 4 is 17.6 Å². The third-order valence-electron chi connectivity index (χ3n) is 4.23. The fraction of sp³-hybridized carbons (Fsp3) is 0.706. The SMILES string of the molecule is CN=C(NCCCCC(C)C)N1CCN(c2cnn(C)c2)C(=O)C1. The molecule has 1 N–H and O–H groups in total. The van der Waals surface area contributed by atoms with Gasteiger partial charge in [0, 0.05) is 39.9 Å². The van der Waals surface area contributed by atoms with E-state index in [0.717, 1.165) is 37.1 Å². The molecule has 7 nitrogen and oxygen atoms in total. The van der Waals surface area contributed by atoms with Crippen LogP contribution in [0.15, 0.2) is 17.4 Å². The largest absolute Gasteiger partial charge is 0.356 e. The summed E-state index contributed by atoms with van der Waals surface area (Å²) in [6.45, 7) is 7.17. The van der Waals surface area contributed by atoms with Gasteiger partial charge < -0.3 is 15.1 Å². The van der Waals surface area contributed by atoms with Crippen LogP contribution in [0, 0.1) is 5.92 Å². The zero-order chi connectivity index (χ0) is 17.5. The van der Waals surface area contributed by atoms with Gasteiger partial charge >= 0.3 is 0 Å². The number of aryl methyl sites for hydroxylation is 1. The molecular formula is C17H30N6O. The van der Waals surface area contributed by atoms with E-state index >= 15 is 0 Å². The van der Waals surface area contributed by atoms with Crippen LogP contribution in [0.3, 0.4) is 0 Å². The zero-order valence-corrected chi connectivity index (χ0v) is 15.3. The van der Waals surface area contributed by atoms with Crippen LogP contribution in [0.25, 0.3) is 0 Å². The Morgan fingerprint density at radius 3 is 2.75 bits per heavy atom. The van der Waals surface area contributed by atoms with E-state index in [1.165, 1.54) is 12.8 Å². The van der Waals surface area contributed by atoms with E-state index in [0.29, 0.717) is 13.1 Å². The highest BCUT2D eigenvalue weighted by atomic mass is 16.2. The molecule has 134 valence electrons. The summed E-state index contributed by atoms with van der Waals surface area (Å²) in [4.78, 5) is 20.6. The molecule has 2 heterocycles. The Labute approximate surface area is 144 Å². The molecule has 1 aromatic rings. The topological polar surface area (TPSA) is 65.8 Å². The van der Waals surface area contributed by atoms with Crippen molar-refractivity contribution in [1.29, 1.82) is 0 Å². The zero-order valence-electron chi connectivity index (χ0n) is 15.3. The molecule has 1 fully saturated rings. The highest BCUT2D eigenvalue weighted by Crippen LogP contribution is 2.16. The lowest BCUT2D eigenvalue weighted by atomic mass is 10.1. The first-order valence-electron chi connectivity index (χ1n) is 8.76. The number of carbonyl (C=O) groups excluding carboxylic acids is 1. The molecule has 0 bridgehead atoms. The number of nitrogens with one attached hydrogen (secondary N) is 1. The van der Waals surface area contributed by atoms with Crippen molar-refractivity contribution in [3.63, 3.8) is 0 Å². The molecule has 2 rings (SSSR count). The number of piperazine rings is 1. The molecule has 0 aliphatic carbocycles. The number of hydrogen-bond donors (Lipinski definition) is 1. The van der Waals surface area contributed by atoms with Gasteiger partial charge in [-0.05, 0) is 12.3 Å². The minimum atomic E-state index is 0.0806. The van der Waals surface area contributed by atoms with Gasteiger partial charge in [-0.3, -0.25) is 14.5 Å². The van der Waals surface area contributed by atoms with E-state index < -0.39 is 0 Å². The minimum Gasteiger partial charge on any atom is -0.356 e. The number of aliphatic imine (C=N–C) groups is 1. The smallest absolute Gasteiger partial charge is 0.246 e. The number of anilines is 1. The molecule has 1 aliphatic heterocycles. The Morgan fingerprint density at radius 2 is 2.17 bits per heavy atom. The first kappa shape index (κ1) is 18.3. The molecule has 24 heavy (non-hydrogen) atoms. The standard InChI is InChI=1S/C17H30N6O/c1-14(2)7-5-6-8-19-17(18-3)22-9-10-23(16(24)13-22)15-11-20-21(4)12-15/h11-12,14H,5-10,13H2,1-4H3,(H,18,19). The molecule has 0 spiro atoms. The van der Waals surface area contributed by atoms with Gasteiger partial charge in [-0.1, -0.05) is 26.7 Å². The minimum absolute atomic E-state index is 0.0806. The van der Waals surface area contributed by atoms with Gasteiger partial charge in [0.2, 0.25) is 5.91 Å². The highest BCUT2D eigenvalue weighted by molar-refractivity contribution is 5.98. The summed E-state index contributed by atoms with van der Waals surface area (Å²) in [6.07, 6.45) is 7.20. The lowest BCUT2D eigenvalue weighted by Crippen LogP contribution is -2.55. The summed E-state index contributed by atoms with van der Waals surface area (Å²) < 4.78 is 1.71. The average molecular weight is 334 g/mol. The van der Waals surface area contributed by atoms with Crippen LogP contribution in [0.1, 0.15) is 33.1 Å². The molecule has 0 aromatic carbocycles.